The number of aliphatic imine (C=N–C) groups is 1. The van der Waals surface area contributed by atoms with E-state index in [1.54, 1.807) is 0 Å². The molecule has 9 nitrogen and oxygen atoms in total. The third-order valence-electron chi connectivity index (χ3n) is 5.06. The minimum atomic E-state index is -0.0166. The van der Waals surface area contributed by atoms with Gasteiger partial charge in [-0.1, -0.05) is 18.2 Å². The fourth-order valence-electron chi connectivity index (χ4n) is 3.27. The van der Waals surface area contributed by atoms with Crippen LogP contribution in [0.4, 0.5) is 5.69 Å². The van der Waals surface area contributed by atoms with Crippen molar-refractivity contribution in [3.63, 3.8) is 0 Å². The van der Waals surface area contributed by atoms with E-state index in [9.17, 15) is 4.79 Å². The van der Waals surface area contributed by atoms with Crippen LogP contribution in [0.3, 0.4) is 0 Å². The zero-order valence-electron chi connectivity index (χ0n) is 18.4. The van der Waals surface area contributed by atoms with Gasteiger partial charge in [0, 0.05) is 45.5 Å². The van der Waals surface area contributed by atoms with E-state index in [-0.39, 0.29) is 35.9 Å². The molecule has 0 saturated carbocycles. The first-order valence-corrected chi connectivity index (χ1v) is 10.4. The number of rotatable bonds is 9. The van der Waals surface area contributed by atoms with Crippen LogP contribution in [0.2, 0.25) is 0 Å². The highest BCUT2D eigenvalue weighted by molar-refractivity contribution is 14.0. The fraction of sp³-hybridized carbons (Fsp3) is 0.524. The number of aromatic nitrogens is 3. The molecular weight excluding hydrogens is 509 g/mol. The molecule has 0 aliphatic carbocycles. The summed E-state index contributed by atoms with van der Waals surface area (Å²) in [5.41, 5.74) is 0.921. The summed E-state index contributed by atoms with van der Waals surface area (Å²) in [7, 11) is 1.93. The number of nitrogens with one attached hydrogen (secondary N) is 2. The summed E-state index contributed by atoms with van der Waals surface area (Å²) >= 11 is 0. The van der Waals surface area contributed by atoms with Crippen molar-refractivity contribution < 1.29 is 9.53 Å². The first-order valence-electron chi connectivity index (χ1n) is 10.4. The Morgan fingerprint density at radius 1 is 1.29 bits per heavy atom. The predicted molar refractivity (Wildman–Crippen MR) is 132 cm³/mol. The molecule has 0 spiro atoms. The number of nitrogens with zero attached hydrogens (tertiary/aromatic N) is 5. The van der Waals surface area contributed by atoms with Crippen molar-refractivity contribution in [1.29, 1.82) is 0 Å². The Bertz CT molecular complexity index is 857. The van der Waals surface area contributed by atoms with Gasteiger partial charge in [-0.25, -0.2) is 4.99 Å². The van der Waals surface area contributed by atoms with Crippen molar-refractivity contribution >= 4 is 41.5 Å². The van der Waals surface area contributed by atoms with Crippen LogP contribution >= 0.6 is 24.0 Å². The third kappa shape index (κ3) is 7.17. The molecule has 1 fully saturated rings. The summed E-state index contributed by atoms with van der Waals surface area (Å²) in [6, 6.07) is 9.73. The topological polar surface area (TPSA) is 96.7 Å². The highest BCUT2D eigenvalue weighted by atomic mass is 127. The molecule has 0 bridgehead atoms. The van der Waals surface area contributed by atoms with E-state index in [1.807, 2.05) is 60.7 Å². The zero-order chi connectivity index (χ0) is 21.3. The largest absolute Gasteiger partial charge is 0.382 e. The normalized spacial score (nSPS) is 16.4. The van der Waals surface area contributed by atoms with E-state index < -0.39 is 0 Å². The third-order valence-corrected chi connectivity index (χ3v) is 5.06. The van der Waals surface area contributed by atoms with E-state index in [0.717, 1.165) is 30.3 Å². The summed E-state index contributed by atoms with van der Waals surface area (Å²) < 4.78 is 7.32. The lowest BCUT2D eigenvalue weighted by molar-refractivity contribution is -0.117. The van der Waals surface area contributed by atoms with Gasteiger partial charge in [0.2, 0.25) is 5.91 Å². The van der Waals surface area contributed by atoms with Gasteiger partial charge >= 0.3 is 0 Å². The first-order chi connectivity index (χ1) is 14.6. The van der Waals surface area contributed by atoms with E-state index in [2.05, 4.69) is 25.8 Å². The zero-order valence-corrected chi connectivity index (χ0v) is 20.7. The molecule has 1 aromatic carbocycles. The van der Waals surface area contributed by atoms with Gasteiger partial charge in [-0.2, -0.15) is 0 Å². The number of hydrogen-bond acceptors (Lipinski definition) is 5. The lowest BCUT2D eigenvalue weighted by Gasteiger charge is -2.19. The molecule has 31 heavy (non-hydrogen) atoms. The Kier molecular flexibility index (Phi) is 10.2. The number of anilines is 1. The second-order valence-corrected chi connectivity index (χ2v) is 7.25. The number of hydrogen-bond donors (Lipinski definition) is 2. The lowest BCUT2D eigenvalue weighted by atomic mass is 10.2. The maximum absolute atomic E-state index is 12.5. The Hall–Kier alpha value is -2.21. The number of amides is 1. The summed E-state index contributed by atoms with van der Waals surface area (Å²) in [4.78, 5) is 19.0. The minimum absolute atomic E-state index is 0. The van der Waals surface area contributed by atoms with Crippen LogP contribution in [-0.4, -0.2) is 59.0 Å². The monoisotopic (exact) mass is 541 g/mol. The smallest absolute Gasteiger partial charge is 0.229 e. The molecular formula is C21H32IN7O2. The average molecular weight is 541 g/mol. The van der Waals surface area contributed by atoms with Crippen molar-refractivity contribution in [2.75, 3.05) is 31.2 Å². The summed E-state index contributed by atoms with van der Waals surface area (Å²) in [6.45, 7) is 7.04. The predicted octanol–water partition coefficient (Wildman–Crippen LogP) is 2.01. The SMILES string of the molecule is CCOCCCNC(=NCc1nnc(C)n1C)NC1CC(=O)N(c2ccccc2)C1.I. The van der Waals surface area contributed by atoms with Gasteiger partial charge in [0.1, 0.15) is 12.4 Å². The molecule has 1 aromatic heterocycles. The van der Waals surface area contributed by atoms with Gasteiger partial charge in [0.25, 0.3) is 0 Å². The molecule has 1 amide bonds. The van der Waals surface area contributed by atoms with Crippen molar-refractivity contribution in [2.45, 2.75) is 39.3 Å². The molecule has 10 heteroatoms. The average Bonchev–Trinajstić information content (AvgIpc) is 3.28. The van der Waals surface area contributed by atoms with Gasteiger partial charge in [-0.05, 0) is 32.4 Å². The van der Waals surface area contributed by atoms with Crippen molar-refractivity contribution in [2.24, 2.45) is 12.0 Å². The van der Waals surface area contributed by atoms with Crippen LogP contribution in [0.15, 0.2) is 35.3 Å². The molecule has 1 atom stereocenters. The van der Waals surface area contributed by atoms with Crippen LogP contribution in [0.1, 0.15) is 31.4 Å². The van der Waals surface area contributed by atoms with Gasteiger partial charge < -0.3 is 24.8 Å². The standard InChI is InChI=1S/C21H31N7O2.HI/c1-4-30-12-8-11-22-21(23-14-19-26-25-16(2)27(19)3)24-17-13-20(29)28(15-17)18-9-6-5-7-10-18;/h5-7,9-10,17H,4,8,11-15H2,1-3H3,(H2,22,23,24);1H. The van der Waals surface area contributed by atoms with Crippen LogP contribution < -0.4 is 15.5 Å². The van der Waals surface area contributed by atoms with Crippen LogP contribution in [-0.2, 0) is 23.1 Å². The number of aryl methyl sites for hydroxylation is 1. The van der Waals surface area contributed by atoms with E-state index in [1.165, 1.54) is 0 Å². The highest BCUT2D eigenvalue weighted by Gasteiger charge is 2.31. The minimum Gasteiger partial charge on any atom is -0.382 e. The number of carbonyl (C=O) groups is 1. The van der Waals surface area contributed by atoms with Crippen molar-refractivity contribution in [3.05, 3.63) is 42.0 Å². The molecule has 2 heterocycles. The molecule has 1 saturated heterocycles. The van der Waals surface area contributed by atoms with Crippen LogP contribution in [0.5, 0.6) is 0 Å². The number of ether oxygens (including phenoxy) is 1. The molecule has 1 aliphatic heterocycles. The Morgan fingerprint density at radius 2 is 2.06 bits per heavy atom. The van der Waals surface area contributed by atoms with E-state index in [4.69, 9.17) is 4.74 Å². The lowest BCUT2D eigenvalue weighted by Crippen LogP contribution is -2.45. The van der Waals surface area contributed by atoms with Gasteiger partial charge in [-0.15, -0.1) is 34.2 Å². The van der Waals surface area contributed by atoms with Crippen molar-refractivity contribution in [3.8, 4) is 0 Å². The molecule has 3 rings (SSSR count). The molecule has 0 radical (unpaired) electrons. The number of guanidine groups is 1. The second-order valence-electron chi connectivity index (χ2n) is 7.25. The number of halogens is 1. The fourth-order valence-corrected chi connectivity index (χ4v) is 3.27. The summed E-state index contributed by atoms with van der Waals surface area (Å²) in [5, 5.41) is 15.0. The molecule has 1 aliphatic rings. The molecule has 170 valence electrons. The van der Waals surface area contributed by atoms with Crippen molar-refractivity contribution in [1.82, 2.24) is 25.4 Å². The Labute approximate surface area is 200 Å². The highest BCUT2D eigenvalue weighted by Crippen LogP contribution is 2.20. The first kappa shape index (κ1) is 25.1. The van der Waals surface area contributed by atoms with Crippen LogP contribution in [0.25, 0.3) is 0 Å². The maximum atomic E-state index is 12.5. The molecule has 2 N–H and O–H groups in total. The number of para-hydroxylation sites is 1. The number of carbonyl (C=O) groups excluding carboxylic acids is 1. The molecule has 2 aromatic rings. The quantitative estimate of drug-likeness (QED) is 0.218. The maximum Gasteiger partial charge on any atom is 0.229 e. The van der Waals surface area contributed by atoms with Gasteiger partial charge in [-0.3, -0.25) is 4.79 Å². The number of benzene rings is 1. The van der Waals surface area contributed by atoms with Gasteiger partial charge in [0.15, 0.2) is 11.8 Å². The summed E-state index contributed by atoms with van der Waals surface area (Å²) in [5.74, 6) is 2.41. The van der Waals surface area contributed by atoms with E-state index in [0.29, 0.717) is 38.7 Å². The second kappa shape index (κ2) is 12.6. The van der Waals surface area contributed by atoms with Gasteiger partial charge in [0.05, 0.1) is 6.04 Å². The van der Waals surface area contributed by atoms with E-state index >= 15 is 0 Å². The molecule has 1 unspecified atom stereocenters. The Balaban J connectivity index is 0.00000341. The Morgan fingerprint density at radius 3 is 2.74 bits per heavy atom. The summed E-state index contributed by atoms with van der Waals surface area (Å²) in [6.07, 6.45) is 1.30. The van der Waals surface area contributed by atoms with Crippen LogP contribution in [0, 0.1) is 6.92 Å².